The average Bonchev–Trinajstić information content (AvgIpc) is 3.45. The predicted octanol–water partition coefficient (Wildman–Crippen LogP) is 2.49. The van der Waals surface area contributed by atoms with E-state index in [2.05, 4.69) is 38.6 Å². The zero-order valence-electron chi connectivity index (χ0n) is 19.4. The molecule has 0 spiro atoms. The lowest BCUT2D eigenvalue weighted by molar-refractivity contribution is 0.122. The van der Waals surface area contributed by atoms with Gasteiger partial charge in [-0.25, -0.2) is 14.6 Å². The molecule has 0 bridgehead atoms. The minimum absolute atomic E-state index is 0.0103. The van der Waals surface area contributed by atoms with Gasteiger partial charge in [0.05, 0.1) is 43.0 Å². The molecule has 0 amide bonds. The Bertz CT molecular complexity index is 1240. The van der Waals surface area contributed by atoms with E-state index in [1.54, 1.807) is 12.4 Å². The quantitative estimate of drug-likeness (QED) is 0.509. The number of rotatable bonds is 6. The lowest BCUT2D eigenvalue weighted by atomic mass is 9.83. The van der Waals surface area contributed by atoms with Crippen molar-refractivity contribution in [3.05, 3.63) is 41.7 Å². The fraction of sp³-hybridized carbons (Fsp3) is 0.417. The van der Waals surface area contributed by atoms with Crippen LogP contribution in [-0.2, 0) is 16.7 Å². The second-order valence-corrected chi connectivity index (χ2v) is 8.82. The molecule has 0 unspecified atom stereocenters. The van der Waals surface area contributed by atoms with Crippen molar-refractivity contribution >= 4 is 23.1 Å². The van der Waals surface area contributed by atoms with Crippen LogP contribution in [0.15, 0.2) is 30.6 Å². The minimum Gasteiger partial charge on any atom is -0.395 e. The molecule has 4 heterocycles. The molecule has 3 N–H and O–H groups in total. The van der Waals surface area contributed by atoms with E-state index in [9.17, 15) is 10.4 Å². The standard InChI is InChI=1S/C24H28N8O2/c1-3-32-22(31-6-8-34-9-7-31)20(13-28-32)30-23-26-5-4-19(29-23)16-10-17(12-25)21-18(11-16)24(2,15-33)14-27-21/h4-5,10-11,13,27,33H,3,6-9,14-15H2,1-2H3,(H,26,29,30)/t24-/m1/s1. The van der Waals surface area contributed by atoms with Gasteiger partial charge in [0.2, 0.25) is 5.95 Å². The van der Waals surface area contributed by atoms with E-state index in [1.165, 1.54) is 0 Å². The molecule has 1 fully saturated rings. The minimum atomic E-state index is -0.452. The molecule has 3 aromatic rings. The second-order valence-electron chi connectivity index (χ2n) is 8.82. The van der Waals surface area contributed by atoms with Gasteiger partial charge in [0.25, 0.3) is 0 Å². The summed E-state index contributed by atoms with van der Waals surface area (Å²) in [6.45, 7) is 8.33. The molecule has 1 atom stereocenters. The number of ether oxygens (including phenoxy) is 1. The van der Waals surface area contributed by atoms with E-state index >= 15 is 0 Å². The number of nitriles is 1. The molecule has 10 heteroatoms. The molecule has 5 rings (SSSR count). The smallest absolute Gasteiger partial charge is 0.227 e. The summed E-state index contributed by atoms with van der Waals surface area (Å²) >= 11 is 0. The summed E-state index contributed by atoms with van der Waals surface area (Å²) in [5, 5.41) is 30.8. The van der Waals surface area contributed by atoms with Gasteiger partial charge >= 0.3 is 0 Å². The Kier molecular flexibility index (Phi) is 5.81. The maximum atomic E-state index is 9.98. The SMILES string of the molecule is CCn1ncc(Nc2nccc(-c3cc(C#N)c4c(c3)[C@@](C)(CO)CN4)n2)c1N1CCOCC1. The first-order valence-corrected chi connectivity index (χ1v) is 11.5. The Morgan fingerprint density at radius 3 is 2.88 bits per heavy atom. The predicted molar refractivity (Wildman–Crippen MR) is 129 cm³/mol. The van der Waals surface area contributed by atoms with Crippen molar-refractivity contribution in [3.8, 4) is 17.3 Å². The highest BCUT2D eigenvalue weighted by Crippen LogP contribution is 2.41. The van der Waals surface area contributed by atoms with Crippen molar-refractivity contribution in [2.24, 2.45) is 0 Å². The van der Waals surface area contributed by atoms with Crippen LogP contribution in [0.25, 0.3) is 11.3 Å². The van der Waals surface area contributed by atoms with Crippen molar-refractivity contribution in [1.82, 2.24) is 19.7 Å². The highest BCUT2D eigenvalue weighted by atomic mass is 16.5. The van der Waals surface area contributed by atoms with Crippen molar-refractivity contribution in [2.75, 3.05) is 55.0 Å². The van der Waals surface area contributed by atoms with Crippen molar-refractivity contribution in [1.29, 1.82) is 5.26 Å². The maximum absolute atomic E-state index is 9.98. The highest BCUT2D eigenvalue weighted by Gasteiger charge is 2.36. The summed E-state index contributed by atoms with van der Waals surface area (Å²) in [7, 11) is 0. The summed E-state index contributed by atoms with van der Waals surface area (Å²) in [4.78, 5) is 11.4. The largest absolute Gasteiger partial charge is 0.395 e. The van der Waals surface area contributed by atoms with Crippen LogP contribution in [0.3, 0.4) is 0 Å². The van der Waals surface area contributed by atoms with E-state index < -0.39 is 5.41 Å². The van der Waals surface area contributed by atoms with E-state index in [4.69, 9.17) is 9.72 Å². The van der Waals surface area contributed by atoms with Gasteiger partial charge in [0.15, 0.2) is 5.82 Å². The zero-order chi connectivity index (χ0) is 23.7. The number of fused-ring (bicyclic) bond motifs is 1. The van der Waals surface area contributed by atoms with Crippen molar-refractivity contribution < 1.29 is 9.84 Å². The molecule has 10 nitrogen and oxygen atoms in total. The van der Waals surface area contributed by atoms with Crippen LogP contribution in [0.1, 0.15) is 25.0 Å². The summed E-state index contributed by atoms with van der Waals surface area (Å²) < 4.78 is 7.47. The molecule has 0 saturated carbocycles. The lowest BCUT2D eigenvalue weighted by Crippen LogP contribution is -2.37. The summed E-state index contributed by atoms with van der Waals surface area (Å²) in [5.41, 5.74) is 4.14. The van der Waals surface area contributed by atoms with Crippen LogP contribution in [0.5, 0.6) is 0 Å². The number of nitrogens with one attached hydrogen (secondary N) is 2. The Balaban J connectivity index is 1.49. The molecule has 1 saturated heterocycles. The molecule has 176 valence electrons. The first kappa shape index (κ1) is 22.1. The Morgan fingerprint density at radius 2 is 2.15 bits per heavy atom. The van der Waals surface area contributed by atoms with Gasteiger partial charge < -0.3 is 25.4 Å². The molecule has 0 aliphatic carbocycles. The summed E-state index contributed by atoms with van der Waals surface area (Å²) in [5.74, 6) is 1.44. The van der Waals surface area contributed by atoms with Gasteiger partial charge in [0.1, 0.15) is 11.8 Å². The monoisotopic (exact) mass is 460 g/mol. The molecule has 2 aliphatic heterocycles. The number of morpholine rings is 1. The number of aryl methyl sites for hydroxylation is 1. The lowest BCUT2D eigenvalue weighted by Gasteiger charge is -2.29. The fourth-order valence-electron chi connectivity index (χ4n) is 4.57. The van der Waals surface area contributed by atoms with E-state index in [1.807, 2.05) is 29.8 Å². The van der Waals surface area contributed by atoms with Crippen molar-refractivity contribution in [2.45, 2.75) is 25.8 Å². The summed E-state index contributed by atoms with van der Waals surface area (Å²) in [6, 6.07) is 7.94. The molecule has 34 heavy (non-hydrogen) atoms. The first-order chi connectivity index (χ1) is 16.6. The van der Waals surface area contributed by atoms with Crippen LogP contribution in [0.2, 0.25) is 0 Å². The average molecular weight is 461 g/mol. The van der Waals surface area contributed by atoms with Gasteiger partial charge in [-0.1, -0.05) is 6.92 Å². The maximum Gasteiger partial charge on any atom is 0.227 e. The van der Waals surface area contributed by atoms with E-state index in [-0.39, 0.29) is 6.61 Å². The van der Waals surface area contributed by atoms with Crippen LogP contribution < -0.4 is 15.5 Å². The number of hydrogen-bond donors (Lipinski definition) is 3. The molecular formula is C24H28N8O2. The Hall–Kier alpha value is -3.68. The zero-order valence-corrected chi connectivity index (χ0v) is 19.4. The van der Waals surface area contributed by atoms with Crippen molar-refractivity contribution in [3.63, 3.8) is 0 Å². The third-order valence-corrected chi connectivity index (χ3v) is 6.53. The second kappa shape index (κ2) is 8.93. The van der Waals surface area contributed by atoms with Crippen LogP contribution >= 0.6 is 0 Å². The molecular weight excluding hydrogens is 432 g/mol. The van der Waals surface area contributed by atoms with E-state index in [0.717, 1.165) is 48.0 Å². The van der Waals surface area contributed by atoms with E-state index in [0.29, 0.717) is 37.0 Å². The third kappa shape index (κ3) is 3.83. The highest BCUT2D eigenvalue weighted by molar-refractivity contribution is 5.77. The van der Waals surface area contributed by atoms with Crippen LogP contribution in [0, 0.1) is 11.3 Å². The number of hydrogen-bond acceptors (Lipinski definition) is 9. The number of aliphatic hydroxyl groups excluding tert-OH is 1. The third-order valence-electron chi connectivity index (χ3n) is 6.53. The molecule has 0 radical (unpaired) electrons. The summed E-state index contributed by atoms with van der Waals surface area (Å²) in [6.07, 6.45) is 3.50. The number of nitrogens with zero attached hydrogens (tertiary/aromatic N) is 6. The molecule has 2 aromatic heterocycles. The molecule has 2 aliphatic rings. The fourth-order valence-corrected chi connectivity index (χ4v) is 4.57. The number of aromatic nitrogens is 4. The number of benzene rings is 1. The van der Waals surface area contributed by atoms with Gasteiger partial charge in [-0.2, -0.15) is 10.4 Å². The van der Waals surface area contributed by atoms with Gasteiger partial charge in [-0.05, 0) is 30.7 Å². The number of aliphatic hydroxyl groups is 1. The van der Waals surface area contributed by atoms with Gasteiger partial charge in [-0.15, -0.1) is 0 Å². The number of anilines is 4. The Labute approximate surface area is 198 Å². The Morgan fingerprint density at radius 1 is 1.32 bits per heavy atom. The van der Waals surface area contributed by atoms with Crippen LogP contribution in [0.4, 0.5) is 23.1 Å². The first-order valence-electron chi connectivity index (χ1n) is 11.5. The van der Waals surface area contributed by atoms with Crippen LogP contribution in [-0.4, -0.2) is 64.3 Å². The van der Waals surface area contributed by atoms with Gasteiger partial charge in [0, 0.05) is 43.4 Å². The topological polar surface area (TPSA) is 124 Å². The van der Waals surface area contributed by atoms with Gasteiger partial charge in [-0.3, -0.25) is 0 Å². The normalized spacial score (nSPS) is 19.4. The molecule has 1 aromatic carbocycles.